The van der Waals surface area contributed by atoms with Crippen molar-refractivity contribution in [3.63, 3.8) is 0 Å². The van der Waals surface area contributed by atoms with E-state index in [9.17, 15) is 18.3 Å². The Bertz CT molecular complexity index is 536. The third-order valence-electron chi connectivity index (χ3n) is 2.36. The van der Waals surface area contributed by atoms with E-state index >= 15 is 0 Å². The summed E-state index contributed by atoms with van der Waals surface area (Å²) >= 11 is 1.09. The lowest BCUT2D eigenvalue weighted by Gasteiger charge is -2.10. The number of halogens is 3. The summed E-state index contributed by atoms with van der Waals surface area (Å²) < 4.78 is 37.1. The van der Waals surface area contributed by atoms with Gasteiger partial charge in [-0.25, -0.2) is 4.98 Å². The van der Waals surface area contributed by atoms with Gasteiger partial charge in [0.25, 0.3) is 0 Å². The third kappa shape index (κ3) is 2.62. The van der Waals surface area contributed by atoms with E-state index < -0.39 is 17.8 Å². The largest absolute Gasteiger partial charge is 0.416 e. The third-order valence-corrected chi connectivity index (χ3v) is 3.24. The molecule has 2 rings (SSSR count). The molecule has 1 heterocycles. The highest BCUT2D eigenvalue weighted by atomic mass is 32.1. The average Bonchev–Trinajstić information content (AvgIpc) is 2.74. The van der Waals surface area contributed by atoms with Crippen LogP contribution in [0, 0.1) is 0 Å². The summed E-state index contributed by atoms with van der Waals surface area (Å²) in [5.41, 5.74) is 5.04. The molecule has 0 spiro atoms. The van der Waals surface area contributed by atoms with Gasteiger partial charge in [0.1, 0.15) is 6.10 Å². The maximum Gasteiger partial charge on any atom is 0.416 e. The second kappa shape index (κ2) is 4.58. The van der Waals surface area contributed by atoms with Crippen LogP contribution in [0.25, 0.3) is 0 Å². The van der Waals surface area contributed by atoms with Crippen molar-refractivity contribution in [2.24, 2.45) is 0 Å². The SMILES string of the molecule is Nc1ncc(C(O)c2ccc(C(F)(F)F)cc2)s1. The molecule has 1 atom stereocenters. The molecule has 18 heavy (non-hydrogen) atoms. The smallest absolute Gasteiger partial charge is 0.383 e. The summed E-state index contributed by atoms with van der Waals surface area (Å²) in [5.74, 6) is 0. The number of anilines is 1. The lowest BCUT2D eigenvalue weighted by Crippen LogP contribution is -2.05. The lowest BCUT2D eigenvalue weighted by molar-refractivity contribution is -0.137. The molecule has 1 aromatic carbocycles. The van der Waals surface area contributed by atoms with Gasteiger partial charge in [-0.1, -0.05) is 23.5 Å². The summed E-state index contributed by atoms with van der Waals surface area (Å²) in [7, 11) is 0. The van der Waals surface area contributed by atoms with E-state index in [2.05, 4.69) is 4.98 Å². The van der Waals surface area contributed by atoms with E-state index in [1.54, 1.807) is 0 Å². The zero-order valence-corrected chi connectivity index (χ0v) is 9.79. The second-order valence-corrected chi connectivity index (χ2v) is 4.72. The molecule has 1 aromatic heterocycles. The van der Waals surface area contributed by atoms with Crippen LogP contribution in [-0.2, 0) is 6.18 Å². The molecule has 2 aromatic rings. The van der Waals surface area contributed by atoms with Gasteiger partial charge in [0.05, 0.1) is 10.4 Å². The fourth-order valence-corrected chi connectivity index (χ4v) is 2.15. The Morgan fingerprint density at radius 3 is 2.28 bits per heavy atom. The van der Waals surface area contributed by atoms with Crippen molar-refractivity contribution in [2.45, 2.75) is 12.3 Å². The summed E-state index contributed by atoms with van der Waals surface area (Å²) in [5, 5.41) is 10.2. The van der Waals surface area contributed by atoms with Crippen molar-refractivity contribution in [2.75, 3.05) is 5.73 Å². The molecule has 3 nitrogen and oxygen atoms in total. The number of hydrogen-bond acceptors (Lipinski definition) is 4. The number of aliphatic hydroxyl groups is 1. The Labute approximate surface area is 105 Å². The maximum absolute atomic E-state index is 12.4. The minimum absolute atomic E-state index is 0.302. The number of alkyl halides is 3. The van der Waals surface area contributed by atoms with E-state index in [0.29, 0.717) is 15.6 Å². The number of rotatable bonds is 2. The van der Waals surface area contributed by atoms with Gasteiger partial charge in [0.2, 0.25) is 0 Å². The normalized spacial score (nSPS) is 13.6. The first-order valence-electron chi connectivity index (χ1n) is 4.94. The Hall–Kier alpha value is -1.60. The van der Waals surface area contributed by atoms with Crippen LogP contribution in [0.1, 0.15) is 22.1 Å². The number of nitrogens with two attached hydrogens (primary N) is 1. The molecule has 0 fully saturated rings. The predicted molar refractivity (Wildman–Crippen MR) is 62.0 cm³/mol. The molecule has 0 bridgehead atoms. The van der Waals surface area contributed by atoms with Gasteiger partial charge >= 0.3 is 6.18 Å². The molecule has 0 saturated carbocycles. The average molecular weight is 274 g/mol. The van der Waals surface area contributed by atoms with Crippen molar-refractivity contribution in [3.8, 4) is 0 Å². The fraction of sp³-hybridized carbons (Fsp3) is 0.182. The number of hydrogen-bond donors (Lipinski definition) is 2. The number of nitrogens with zero attached hydrogens (tertiary/aromatic N) is 1. The molecule has 96 valence electrons. The maximum atomic E-state index is 12.4. The molecule has 0 amide bonds. The highest BCUT2D eigenvalue weighted by Crippen LogP contribution is 2.32. The van der Waals surface area contributed by atoms with Crippen molar-refractivity contribution in [1.82, 2.24) is 4.98 Å². The van der Waals surface area contributed by atoms with Crippen LogP contribution < -0.4 is 5.73 Å². The van der Waals surface area contributed by atoms with E-state index in [1.165, 1.54) is 18.3 Å². The minimum Gasteiger partial charge on any atom is -0.383 e. The molecular formula is C11H9F3N2OS. The Morgan fingerprint density at radius 2 is 1.83 bits per heavy atom. The topological polar surface area (TPSA) is 59.1 Å². The molecule has 0 saturated heterocycles. The van der Waals surface area contributed by atoms with Gasteiger partial charge in [-0.3, -0.25) is 0 Å². The van der Waals surface area contributed by atoms with Gasteiger partial charge in [0.15, 0.2) is 5.13 Å². The molecule has 3 N–H and O–H groups in total. The summed E-state index contributed by atoms with van der Waals surface area (Å²) in [4.78, 5) is 4.27. The predicted octanol–water partition coefficient (Wildman–Crippen LogP) is 2.83. The van der Waals surface area contributed by atoms with Crippen LogP contribution in [0.5, 0.6) is 0 Å². The van der Waals surface area contributed by atoms with Gasteiger partial charge in [-0.2, -0.15) is 13.2 Å². The van der Waals surface area contributed by atoms with Crippen LogP contribution in [0.15, 0.2) is 30.5 Å². The van der Waals surface area contributed by atoms with Crippen molar-refractivity contribution in [3.05, 3.63) is 46.5 Å². The van der Waals surface area contributed by atoms with Gasteiger partial charge < -0.3 is 10.8 Å². The number of aliphatic hydroxyl groups excluding tert-OH is 1. The lowest BCUT2D eigenvalue weighted by atomic mass is 10.1. The van der Waals surface area contributed by atoms with E-state index in [0.717, 1.165) is 23.5 Å². The molecule has 0 aliphatic rings. The molecule has 0 aliphatic heterocycles. The number of thiazole rings is 1. The summed E-state index contributed by atoms with van der Waals surface area (Å²) in [6.07, 6.45) is -3.98. The zero-order chi connectivity index (χ0) is 13.3. The van der Waals surface area contributed by atoms with Crippen LogP contribution in [-0.4, -0.2) is 10.1 Å². The minimum atomic E-state index is -4.38. The van der Waals surface area contributed by atoms with Gasteiger partial charge in [-0.05, 0) is 17.7 Å². The molecule has 0 radical (unpaired) electrons. The zero-order valence-electron chi connectivity index (χ0n) is 8.98. The summed E-state index contributed by atoms with van der Waals surface area (Å²) in [6, 6.07) is 4.35. The first kappa shape index (κ1) is 12.8. The summed E-state index contributed by atoms with van der Waals surface area (Å²) in [6.45, 7) is 0. The van der Waals surface area contributed by atoms with Gasteiger partial charge in [0, 0.05) is 6.20 Å². The molecular weight excluding hydrogens is 265 g/mol. The highest BCUT2D eigenvalue weighted by molar-refractivity contribution is 7.15. The second-order valence-electron chi connectivity index (χ2n) is 3.62. The van der Waals surface area contributed by atoms with Crippen LogP contribution in [0.4, 0.5) is 18.3 Å². The highest BCUT2D eigenvalue weighted by Gasteiger charge is 2.30. The van der Waals surface area contributed by atoms with Crippen LogP contribution >= 0.6 is 11.3 Å². The van der Waals surface area contributed by atoms with Crippen molar-refractivity contribution < 1.29 is 18.3 Å². The quantitative estimate of drug-likeness (QED) is 0.885. The van der Waals surface area contributed by atoms with Crippen LogP contribution in [0.2, 0.25) is 0 Å². The fourth-order valence-electron chi connectivity index (χ4n) is 1.45. The first-order chi connectivity index (χ1) is 8.38. The molecule has 7 heteroatoms. The Balaban J connectivity index is 2.24. The van der Waals surface area contributed by atoms with Crippen molar-refractivity contribution in [1.29, 1.82) is 0 Å². The number of nitrogen functional groups attached to an aromatic ring is 1. The number of aromatic nitrogens is 1. The van der Waals surface area contributed by atoms with Crippen molar-refractivity contribution >= 4 is 16.5 Å². The molecule has 1 unspecified atom stereocenters. The Kier molecular flexibility index (Phi) is 3.27. The van der Waals surface area contributed by atoms with Crippen LogP contribution in [0.3, 0.4) is 0 Å². The van der Waals surface area contributed by atoms with E-state index in [1.807, 2.05) is 0 Å². The van der Waals surface area contributed by atoms with E-state index in [4.69, 9.17) is 5.73 Å². The monoisotopic (exact) mass is 274 g/mol. The van der Waals surface area contributed by atoms with Gasteiger partial charge in [-0.15, -0.1) is 0 Å². The number of benzene rings is 1. The molecule has 0 aliphatic carbocycles. The Morgan fingerprint density at radius 1 is 1.22 bits per heavy atom. The first-order valence-corrected chi connectivity index (χ1v) is 5.76. The standard InChI is InChI=1S/C11H9F3N2OS/c12-11(13,14)7-3-1-6(2-4-7)9(17)8-5-16-10(15)18-8/h1-5,9,17H,(H2,15,16). The van der Waals surface area contributed by atoms with E-state index in [-0.39, 0.29) is 0 Å².